The van der Waals surface area contributed by atoms with Gasteiger partial charge in [-0.3, -0.25) is 4.79 Å². The molecule has 0 bridgehead atoms. The highest BCUT2D eigenvalue weighted by Crippen LogP contribution is 1.98. The van der Waals surface area contributed by atoms with Crippen LogP contribution < -0.4 is 5.73 Å². The average Bonchev–Trinajstić information content (AvgIpc) is 1.97. The monoisotopic (exact) mass is 163 g/mol. The van der Waals surface area contributed by atoms with Crippen LogP contribution in [0.15, 0.2) is 23.3 Å². The van der Waals surface area contributed by atoms with Crippen LogP contribution in [0, 0.1) is 11.8 Å². The van der Waals surface area contributed by atoms with Crippen molar-refractivity contribution in [3.63, 3.8) is 0 Å². The summed E-state index contributed by atoms with van der Waals surface area (Å²) in [4.78, 5) is 10.2. The zero-order chi connectivity index (χ0) is 9.56. The first kappa shape index (κ1) is 10.5. The largest absolute Gasteiger partial charge is 0.366 e. The summed E-state index contributed by atoms with van der Waals surface area (Å²) < 4.78 is 0. The highest BCUT2D eigenvalue weighted by atomic mass is 16.1. The third-order valence-corrected chi connectivity index (χ3v) is 1.34. The SMILES string of the molecule is CC(C)=C(C)C#CC=CC(N)=O. The molecule has 0 spiro atoms. The first-order valence-electron chi connectivity index (χ1n) is 3.65. The van der Waals surface area contributed by atoms with Gasteiger partial charge in [-0.15, -0.1) is 0 Å². The number of allylic oxidation sites excluding steroid dienone is 3. The zero-order valence-corrected chi connectivity index (χ0v) is 7.64. The standard InChI is InChI=1S/C10H13NO/c1-8(2)9(3)6-4-5-7-10(11)12/h5,7H,1-3H3,(H2,11,12). The van der Waals surface area contributed by atoms with E-state index in [0.717, 1.165) is 5.57 Å². The van der Waals surface area contributed by atoms with E-state index in [9.17, 15) is 4.79 Å². The van der Waals surface area contributed by atoms with Gasteiger partial charge < -0.3 is 5.73 Å². The molecular formula is C10H13NO. The second-order valence-corrected chi connectivity index (χ2v) is 2.63. The minimum atomic E-state index is -0.473. The Morgan fingerprint density at radius 1 is 1.33 bits per heavy atom. The third kappa shape index (κ3) is 5.31. The molecule has 0 aromatic heterocycles. The Morgan fingerprint density at radius 3 is 2.33 bits per heavy atom. The van der Waals surface area contributed by atoms with Crippen molar-refractivity contribution >= 4 is 5.91 Å². The lowest BCUT2D eigenvalue weighted by Gasteiger charge is -1.88. The maximum absolute atomic E-state index is 10.2. The Kier molecular flexibility index (Phi) is 4.55. The highest BCUT2D eigenvalue weighted by Gasteiger charge is 1.82. The van der Waals surface area contributed by atoms with E-state index in [4.69, 9.17) is 5.73 Å². The first-order valence-corrected chi connectivity index (χ1v) is 3.65. The van der Waals surface area contributed by atoms with Crippen LogP contribution in [0.4, 0.5) is 0 Å². The molecule has 2 N–H and O–H groups in total. The van der Waals surface area contributed by atoms with E-state index in [1.165, 1.54) is 17.7 Å². The van der Waals surface area contributed by atoms with Crippen molar-refractivity contribution in [1.29, 1.82) is 0 Å². The van der Waals surface area contributed by atoms with Crippen molar-refractivity contribution in [3.8, 4) is 11.8 Å². The summed E-state index contributed by atoms with van der Waals surface area (Å²) in [6.45, 7) is 5.91. The minimum absolute atomic E-state index is 0.473. The molecule has 64 valence electrons. The van der Waals surface area contributed by atoms with E-state index < -0.39 is 5.91 Å². The van der Waals surface area contributed by atoms with E-state index >= 15 is 0 Å². The molecule has 0 fully saturated rings. The van der Waals surface area contributed by atoms with Crippen LogP contribution in [0.1, 0.15) is 20.8 Å². The Labute approximate surface area is 73.1 Å². The summed E-state index contributed by atoms with van der Waals surface area (Å²) in [5, 5.41) is 0. The molecule has 0 radical (unpaired) electrons. The Morgan fingerprint density at radius 2 is 1.92 bits per heavy atom. The number of carbonyl (C=O) groups is 1. The van der Waals surface area contributed by atoms with E-state index in [1.54, 1.807) is 0 Å². The van der Waals surface area contributed by atoms with Crippen LogP contribution in [0.25, 0.3) is 0 Å². The van der Waals surface area contributed by atoms with Crippen LogP contribution in [-0.2, 0) is 4.79 Å². The van der Waals surface area contributed by atoms with Crippen LogP contribution in [0.3, 0.4) is 0 Å². The fourth-order valence-electron chi connectivity index (χ4n) is 0.399. The number of primary amides is 1. The molecular weight excluding hydrogens is 150 g/mol. The lowest BCUT2D eigenvalue weighted by molar-refractivity contribution is -0.113. The van der Waals surface area contributed by atoms with Gasteiger partial charge in [0.15, 0.2) is 0 Å². The molecule has 0 atom stereocenters. The molecule has 0 aliphatic rings. The van der Waals surface area contributed by atoms with Crippen molar-refractivity contribution < 1.29 is 4.79 Å². The number of amides is 1. The van der Waals surface area contributed by atoms with Crippen molar-refractivity contribution in [3.05, 3.63) is 23.3 Å². The fourth-order valence-corrected chi connectivity index (χ4v) is 0.399. The van der Waals surface area contributed by atoms with Crippen molar-refractivity contribution in [1.82, 2.24) is 0 Å². The summed E-state index contributed by atoms with van der Waals surface area (Å²) in [5.41, 5.74) is 7.06. The van der Waals surface area contributed by atoms with Gasteiger partial charge in [-0.2, -0.15) is 0 Å². The van der Waals surface area contributed by atoms with Gasteiger partial charge in [-0.25, -0.2) is 0 Å². The molecule has 1 amide bonds. The van der Waals surface area contributed by atoms with E-state index in [2.05, 4.69) is 11.8 Å². The zero-order valence-electron chi connectivity index (χ0n) is 7.64. The number of nitrogens with two attached hydrogens (primary N) is 1. The second-order valence-electron chi connectivity index (χ2n) is 2.63. The van der Waals surface area contributed by atoms with Crippen LogP contribution >= 0.6 is 0 Å². The maximum Gasteiger partial charge on any atom is 0.242 e. The predicted octanol–water partition coefficient (Wildman–Crippen LogP) is 1.39. The normalized spacial score (nSPS) is 8.92. The van der Waals surface area contributed by atoms with Gasteiger partial charge in [0.25, 0.3) is 0 Å². The summed E-state index contributed by atoms with van der Waals surface area (Å²) in [7, 11) is 0. The summed E-state index contributed by atoms with van der Waals surface area (Å²) in [6, 6.07) is 0. The third-order valence-electron chi connectivity index (χ3n) is 1.34. The Balaban J connectivity index is 4.25. The van der Waals surface area contributed by atoms with Gasteiger partial charge in [0.05, 0.1) is 0 Å². The number of hydrogen-bond donors (Lipinski definition) is 1. The van der Waals surface area contributed by atoms with Gasteiger partial charge in [0.1, 0.15) is 0 Å². The molecule has 0 aromatic rings. The number of carbonyl (C=O) groups excluding carboxylic acids is 1. The van der Waals surface area contributed by atoms with Gasteiger partial charge in [-0.1, -0.05) is 17.4 Å². The summed E-state index contributed by atoms with van der Waals surface area (Å²) in [5.74, 6) is 5.11. The molecule has 0 aliphatic heterocycles. The van der Waals surface area contributed by atoms with Gasteiger partial charge in [-0.05, 0) is 32.4 Å². The Bertz CT molecular complexity index is 283. The lowest BCUT2D eigenvalue weighted by atomic mass is 10.2. The molecule has 2 nitrogen and oxygen atoms in total. The minimum Gasteiger partial charge on any atom is -0.366 e. The van der Waals surface area contributed by atoms with Crippen LogP contribution in [0.5, 0.6) is 0 Å². The molecule has 0 rings (SSSR count). The summed E-state index contributed by atoms with van der Waals surface area (Å²) in [6.07, 6.45) is 2.69. The first-order chi connectivity index (χ1) is 5.54. The van der Waals surface area contributed by atoms with Crippen molar-refractivity contribution in [2.24, 2.45) is 5.73 Å². The molecule has 0 aliphatic carbocycles. The van der Waals surface area contributed by atoms with Gasteiger partial charge >= 0.3 is 0 Å². The molecule has 12 heavy (non-hydrogen) atoms. The topological polar surface area (TPSA) is 43.1 Å². The number of rotatable bonds is 1. The molecule has 2 heteroatoms. The molecule has 0 saturated heterocycles. The lowest BCUT2D eigenvalue weighted by Crippen LogP contribution is -2.04. The molecule has 0 saturated carbocycles. The second kappa shape index (κ2) is 5.20. The van der Waals surface area contributed by atoms with E-state index in [-0.39, 0.29) is 0 Å². The molecule has 0 heterocycles. The Hall–Kier alpha value is -1.49. The van der Waals surface area contributed by atoms with Crippen LogP contribution in [0.2, 0.25) is 0 Å². The molecule has 0 aromatic carbocycles. The van der Waals surface area contributed by atoms with Crippen LogP contribution in [-0.4, -0.2) is 5.91 Å². The maximum atomic E-state index is 10.2. The summed E-state index contributed by atoms with van der Waals surface area (Å²) >= 11 is 0. The van der Waals surface area contributed by atoms with Gasteiger partial charge in [0.2, 0.25) is 5.91 Å². The number of hydrogen-bond acceptors (Lipinski definition) is 1. The predicted molar refractivity (Wildman–Crippen MR) is 50.2 cm³/mol. The fraction of sp³-hybridized carbons (Fsp3) is 0.300. The average molecular weight is 163 g/mol. The van der Waals surface area contributed by atoms with Gasteiger partial charge in [0, 0.05) is 6.08 Å². The van der Waals surface area contributed by atoms with Crippen molar-refractivity contribution in [2.45, 2.75) is 20.8 Å². The van der Waals surface area contributed by atoms with E-state index in [0.29, 0.717) is 0 Å². The molecule has 0 unspecified atom stereocenters. The van der Waals surface area contributed by atoms with Crippen molar-refractivity contribution in [2.75, 3.05) is 0 Å². The smallest absolute Gasteiger partial charge is 0.242 e. The highest BCUT2D eigenvalue weighted by molar-refractivity contribution is 5.86. The quantitative estimate of drug-likeness (QED) is 0.460. The van der Waals surface area contributed by atoms with E-state index in [1.807, 2.05) is 20.8 Å².